The molecule has 1 heterocycles. The molecule has 32 heavy (non-hydrogen) atoms. The van der Waals surface area contributed by atoms with E-state index in [0.29, 0.717) is 38.8 Å². The molecule has 5 nitrogen and oxygen atoms in total. The van der Waals surface area contributed by atoms with Gasteiger partial charge in [0.05, 0.1) is 11.5 Å². The molecule has 3 rings (SSSR count). The number of thioether (sulfide) groups is 1. The zero-order valence-electron chi connectivity index (χ0n) is 17.9. The molecule has 2 aromatic carbocycles. The molecule has 8 heteroatoms. The van der Waals surface area contributed by atoms with Gasteiger partial charge in [0.15, 0.2) is 0 Å². The Morgan fingerprint density at radius 3 is 2.31 bits per heavy atom. The lowest BCUT2D eigenvalue weighted by Crippen LogP contribution is -2.17. The zero-order chi connectivity index (χ0) is 22.8. The molecule has 1 aliphatic heterocycles. The molecule has 1 N–H and O–H groups in total. The van der Waals surface area contributed by atoms with Crippen molar-refractivity contribution in [2.24, 2.45) is 0 Å². The fourth-order valence-electron chi connectivity index (χ4n) is 2.99. The molecule has 0 atom stereocenters. The lowest BCUT2D eigenvalue weighted by atomic mass is 10.2. The van der Waals surface area contributed by atoms with Crippen LogP contribution < -0.4 is 19.5 Å². The van der Waals surface area contributed by atoms with Crippen LogP contribution in [0.15, 0.2) is 47.4 Å². The maximum absolute atomic E-state index is 11.9. The maximum Gasteiger partial charge on any atom is 0.263 e. The number of hydrogen-bond donors (Lipinski definition) is 1. The SMILES string of the molecule is CCCCCCOc1ccc(OCCOc2ccc(Cl)cc2/C=C2/SC(=S)NC2=O)cc1. The highest BCUT2D eigenvalue weighted by Gasteiger charge is 2.22. The minimum atomic E-state index is -0.220. The van der Waals surface area contributed by atoms with Gasteiger partial charge in [0.2, 0.25) is 0 Å². The van der Waals surface area contributed by atoms with Crippen LogP contribution >= 0.6 is 35.6 Å². The van der Waals surface area contributed by atoms with E-state index in [9.17, 15) is 4.79 Å². The Labute approximate surface area is 203 Å². The van der Waals surface area contributed by atoms with Crippen molar-refractivity contribution in [1.82, 2.24) is 5.32 Å². The van der Waals surface area contributed by atoms with E-state index in [2.05, 4.69) is 12.2 Å². The highest BCUT2D eigenvalue weighted by atomic mass is 35.5. The van der Waals surface area contributed by atoms with E-state index in [1.807, 2.05) is 24.3 Å². The Kier molecular flexibility index (Phi) is 9.71. The van der Waals surface area contributed by atoms with Crippen LogP contribution in [0, 0.1) is 0 Å². The molecule has 1 saturated heterocycles. The van der Waals surface area contributed by atoms with Crippen LogP contribution in [0.1, 0.15) is 38.2 Å². The first-order chi connectivity index (χ1) is 15.5. The summed E-state index contributed by atoms with van der Waals surface area (Å²) in [6.45, 7) is 3.64. The van der Waals surface area contributed by atoms with Crippen molar-refractivity contribution in [2.45, 2.75) is 32.6 Å². The first-order valence-corrected chi connectivity index (χ1v) is 12.2. The predicted molar refractivity (Wildman–Crippen MR) is 135 cm³/mol. The van der Waals surface area contributed by atoms with Crippen molar-refractivity contribution in [1.29, 1.82) is 0 Å². The second kappa shape index (κ2) is 12.7. The molecule has 0 radical (unpaired) electrons. The summed E-state index contributed by atoms with van der Waals surface area (Å²) in [7, 11) is 0. The molecular formula is C24H26ClNO4S2. The third-order valence-electron chi connectivity index (χ3n) is 4.60. The van der Waals surface area contributed by atoms with Crippen LogP contribution in [-0.2, 0) is 4.79 Å². The van der Waals surface area contributed by atoms with Crippen molar-refractivity contribution >= 4 is 51.9 Å². The number of thiocarbonyl (C=S) groups is 1. The van der Waals surface area contributed by atoms with E-state index in [-0.39, 0.29) is 5.91 Å². The number of amides is 1. The van der Waals surface area contributed by atoms with Crippen molar-refractivity contribution in [3.8, 4) is 17.2 Å². The van der Waals surface area contributed by atoms with Crippen molar-refractivity contribution in [3.05, 3.63) is 58.0 Å². The summed E-state index contributed by atoms with van der Waals surface area (Å²) in [5, 5.41) is 3.15. The summed E-state index contributed by atoms with van der Waals surface area (Å²) in [5.74, 6) is 1.99. The average Bonchev–Trinajstić information content (AvgIpc) is 3.10. The molecule has 0 unspecified atom stereocenters. The quantitative estimate of drug-likeness (QED) is 0.215. The Morgan fingerprint density at radius 1 is 0.969 bits per heavy atom. The Balaban J connectivity index is 1.47. The molecule has 1 aliphatic rings. The first kappa shape index (κ1) is 24.4. The van der Waals surface area contributed by atoms with Crippen molar-refractivity contribution < 1.29 is 19.0 Å². The number of benzene rings is 2. The van der Waals surface area contributed by atoms with Gasteiger partial charge in [-0.25, -0.2) is 0 Å². The summed E-state index contributed by atoms with van der Waals surface area (Å²) in [4.78, 5) is 12.4. The second-order valence-electron chi connectivity index (χ2n) is 7.11. The van der Waals surface area contributed by atoms with Gasteiger partial charge in [0.25, 0.3) is 5.91 Å². The van der Waals surface area contributed by atoms with Gasteiger partial charge in [0.1, 0.15) is 34.8 Å². The highest BCUT2D eigenvalue weighted by molar-refractivity contribution is 8.26. The van der Waals surface area contributed by atoms with Gasteiger partial charge in [-0.15, -0.1) is 0 Å². The molecule has 1 fully saturated rings. The van der Waals surface area contributed by atoms with E-state index in [0.717, 1.165) is 24.5 Å². The second-order valence-corrected chi connectivity index (χ2v) is 9.27. The van der Waals surface area contributed by atoms with Crippen molar-refractivity contribution in [2.75, 3.05) is 19.8 Å². The lowest BCUT2D eigenvalue weighted by Gasteiger charge is -2.12. The third kappa shape index (κ3) is 7.73. The number of carbonyl (C=O) groups is 1. The van der Waals surface area contributed by atoms with E-state index < -0.39 is 0 Å². The van der Waals surface area contributed by atoms with Crippen molar-refractivity contribution in [3.63, 3.8) is 0 Å². The van der Waals surface area contributed by atoms with Gasteiger partial charge in [-0.3, -0.25) is 4.79 Å². The summed E-state index contributed by atoms with van der Waals surface area (Å²) in [6, 6.07) is 12.9. The van der Waals surface area contributed by atoms with Crippen LogP contribution in [-0.4, -0.2) is 30.0 Å². The molecule has 2 aromatic rings. The summed E-state index contributed by atoms with van der Waals surface area (Å²) >= 11 is 12.4. The average molecular weight is 492 g/mol. The molecule has 170 valence electrons. The Bertz CT molecular complexity index is 963. The van der Waals surface area contributed by atoms with E-state index in [1.54, 1.807) is 24.3 Å². The minimum Gasteiger partial charge on any atom is -0.494 e. The fraction of sp³-hybridized carbons (Fsp3) is 0.333. The fourth-order valence-corrected chi connectivity index (χ4v) is 4.20. The van der Waals surface area contributed by atoms with Crippen LogP contribution in [0.2, 0.25) is 5.02 Å². The molecule has 1 amide bonds. The Hall–Kier alpha value is -2.22. The molecule has 0 spiro atoms. The number of rotatable bonds is 12. The zero-order valence-corrected chi connectivity index (χ0v) is 20.3. The highest BCUT2D eigenvalue weighted by Crippen LogP contribution is 2.31. The lowest BCUT2D eigenvalue weighted by molar-refractivity contribution is -0.115. The van der Waals surface area contributed by atoms with Crippen LogP contribution in [0.25, 0.3) is 6.08 Å². The number of carbonyl (C=O) groups excluding carboxylic acids is 1. The van der Waals surface area contributed by atoms with Crippen LogP contribution in [0.4, 0.5) is 0 Å². The summed E-state index contributed by atoms with van der Waals surface area (Å²) in [5.41, 5.74) is 0.709. The Morgan fingerprint density at radius 2 is 1.66 bits per heavy atom. The van der Waals surface area contributed by atoms with Gasteiger partial charge in [-0.1, -0.05) is 61.8 Å². The maximum atomic E-state index is 11.9. The smallest absolute Gasteiger partial charge is 0.263 e. The molecular weight excluding hydrogens is 466 g/mol. The van der Waals surface area contributed by atoms with E-state index in [1.165, 1.54) is 31.0 Å². The molecule has 0 aromatic heterocycles. The third-order valence-corrected chi connectivity index (χ3v) is 6.00. The van der Waals surface area contributed by atoms with Crippen LogP contribution in [0.3, 0.4) is 0 Å². The van der Waals surface area contributed by atoms with Gasteiger partial charge >= 0.3 is 0 Å². The molecule has 0 bridgehead atoms. The first-order valence-electron chi connectivity index (χ1n) is 10.6. The molecule has 0 aliphatic carbocycles. The number of hydrogen-bond acceptors (Lipinski definition) is 6. The number of halogens is 1. The minimum absolute atomic E-state index is 0.220. The van der Waals surface area contributed by atoms with Crippen LogP contribution in [0.5, 0.6) is 17.2 Å². The van der Waals surface area contributed by atoms with E-state index >= 15 is 0 Å². The predicted octanol–water partition coefficient (Wildman–Crippen LogP) is 6.25. The standard InChI is InChI=1S/C24H26ClNO4S2/c1-2-3-4-5-12-28-19-7-9-20(10-8-19)29-13-14-30-21-11-6-18(25)15-17(21)16-22-23(27)26-24(31)32-22/h6-11,15-16H,2-5,12-14H2,1H3,(H,26,27,31)/b22-16+. The normalized spacial score (nSPS) is 14.5. The number of nitrogens with one attached hydrogen (secondary N) is 1. The number of ether oxygens (including phenoxy) is 3. The molecule has 0 saturated carbocycles. The van der Waals surface area contributed by atoms with Gasteiger partial charge in [0, 0.05) is 10.6 Å². The topological polar surface area (TPSA) is 56.8 Å². The number of unbranched alkanes of at least 4 members (excludes halogenated alkanes) is 3. The van der Waals surface area contributed by atoms with Gasteiger partial charge < -0.3 is 19.5 Å². The largest absolute Gasteiger partial charge is 0.494 e. The van der Waals surface area contributed by atoms with Gasteiger partial charge in [-0.2, -0.15) is 0 Å². The summed E-state index contributed by atoms with van der Waals surface area (Å²) in [6.07, 6.45) is 6.46. The monoisotopic (exact) mass is 491 g/mol. The van der Waals surface area contributed by atoms with Gasteiger partial charge in [-0.05, 0) is 55.0 Å². The van der Waals surface area contributed by atoms with E-state index in [4.69, 9.17) is 38.0 Å². The summed E-state index contributed by atoms with van der Waals surface area (Å²) < 4.78 is 17.8.